The van der Waals surface area contributed by atoms with Gasteiger partial charge in [0.05, 0.1) is 0 Å². The monoisotopic (exact) mass is 370 g/mol. The number of hydrogen-bond donors (Lipinski definition) is 0. The van der Waals surface area contributed by atoms with Crippen LogP contribution in [-0.2, 0) is 9.47 Å². The van der Waals surface area contributed by atoms with E-state index in [2.05, 4.69) is 84.9 Å². The fourth-order valence-electron chi connectivity index (χ4n) is 4.04. The van der Waals surface area contributed by atoms with Gasteiger partial charge in [-0.3, -0.25) is 0 Å². The van der Waals surface area contributed by atoms with Gasteiger partial charge in [-0.1, -0.05) is 84.9 Å². The largest absolute Gasteiger partial charge is 0.371 e. The highest BCUT2D eigenvalue weighted by Gasteiger charge is 2.28. The van der Waals surface area contributed by atoms with Crippen molar-refractivity contribution in [1.82, 2.24) is 0 Å². The highest BCUT2D eigenvalue weighted by Crippen LogP contribution is 2.40. The van der Waals surface area contributed by atoms with Crippen molar-refractivity contribution in [2.24, 2.45) is 0 Å². The number of hydrogen-bond acceptors (Lipinski definition) is 2. The molecule has 4 aromatic carbocycles. The van der Waals surface area contributed by atoms with E-state index in [1.807, 2.05) is 13.8 Å². The minimum atomic E-state index is -0.179. The number of ether oxygens (including phenoxy) is 2. The van der Waals surface area contributed by atoms with E-state index >= 15 is 0 Å². The van der Waals surface area contributed by atoms with Gasteiger partial charge in [-0.2, -0.15) is 0 Å². The Bertz CT molecular complexity index is 972. The van der Waals surface area contributed by atoms with Crippen LogP contribution in [0.3, 0.4) is 0 Å². The molecule has 0 aliphatic heterocycles. The summed E-state index contributed by atoms with van der Waals surface area (Å²) < 4.78 is 12.7. The molecule has 4 rings (SSSR count). The van der Waals surface area contributed by atoms with Gasteiger partial charge in [-0.15, -0.1) is 0 Å². The summed E-state index contributed by atoms with van der Waals surface area (Å²) in [6.45, 7) is 5.35. The Hall–Kier alpha value is -2.68. The van der Waals surface area contributed by atoms with E-state index in [9.17, 15) is 0 Å². The lowest BCUT2D eigenvalue weighted by atomic mass is 9.91. The summed E-state index contributed by atoms with van der Waals surface area (Å²) in [5, 5.41) is 4.87. The topological polar surface area (TPSA) is 18.5 Å². The van der Waals surface area contributed by atoms with Gasteiger partial charge in [0.2, 0.25) is 0 Å². The number of fused-ring (bicyclic) bond motifs is 2. The number of rotatable bonds is 7. The van der Waals surface area contributed by atoms with Crippen molar-refractivity contribution in [3.63, 3.8) is 0 Å². The molecule has 2 unspecified atom stereocenters. The lowest BCUT2D eigenvalue weighted by Gasteiger charge is -2.29. The Labute approximate surface area is 166 Å². The van der Waals surface area contributed by atoms with Crippen LogP contribution in [0.15, 0.2) is 84.9 Å². The first-order chi connectivity index (χ1) is 13.8. The molecule has 2 nitrogen and oxygen atoms in total. The van der Waals surface area contributed by atoms with Crippen molar-refractivity contribution in [2.45, 2.75) is 26.1 Å². The Balaban J connectivity index is 1.90. The van der Waals surface area contributed by atoms with Gasteiger partial charge in [-0.25, -0.2) is 0 Å². The minimum Gasteiger partial charge on any atom is -0.371 e. The van der Waals surface area contributed by atoms with Crippen molar-refractivity contribution in [3.8, 4) is 0 Å². The zero-order chi connectivity index (χ0) is 19.3. The van der Waals surface area contributed by atoms with Crippen molar-refractivity contribution in [1.29, 1.82) is 0 Å². The Morgan fingerprint density at radius 2 is 0.929 bits per heavy atom. The van der Waals surface area contributed by atoms with Gasteiger partial charge in [0.15, 0.2) is 0 Å². The molecule has 0 heterocycles. The van der Waals surface area contributed by atoms with Crippen molar-refractivity contribution in [3.05, 3.63) is 96.1 Å². The molecule has 0 radical (unpaired) electrons. The highest BCUT2D eigenvalue weighted by molar-refractivity contribution is 5.87. The minimum absolute atomic E-state index is 0.179. The third-order valence-electron chi connectivity index (χ3n) is 5.23. The zero-order valence-corrected chi connectivity index (χ0v) is 16.5. The predicted octanol–water partition coefficient (Wildman–Crippen LogP) is 6.85. The van der Waals surface area contributed by atoms with Crippen LogP contribution in [0.1, 0.15) is 37.2 Å². The Morgan fingerprint density at radius 1 is 0.536 bits per heavy atom. The van der Waals surface area contributed by atoms with E-state index < -0.39 is 0 Å². The van der Waals surface area contributed by atoms with Gasteiger partial charge in [-0.05, 0) is 46.5 Å². The molecule has 0 aliphatic rings. The van der Waals surface area contributed by atoms with Crippen LogP contribution in [0, 0.1) is 0 Å². The molecule has 0 spiro atoms. The average Bonchev–Trinajstić information content (AvgIpc) is 2.75. The summed E-state index contributed by atoms with van der Waals surface area (Å²) in [7, 11) is 0. The fraction of sp³-hybridized carbons (Fsp3) is 0.231. The van der Waals surface area contributed by atoms with E-state index in [1.165, 1.54) is 32.7 Å². The van der Waals surface area contributed by atoms with Crippen molar-refractivity contribution < 1.29 is 9.47 Å². The molecule has 4 aromatic rings. The average molecular weight is 370 g/mol. The molecule has 2 heteroatoms. The van der Waals surface area contributed by atoms with E-state index in [1.54, 1.807) is 0 Å². The molecule has 0 aliphatic carbocycles. The van der Waals surface area contributed by atoms with Gasteiger partial charge < -0.3 is 9.47 Å². The summed E-state index contributed by atoms with van der Waals surface area (Å²) >= 11 is 0. The zero-order valence-electron chi connectivity index (χ0n) is 16.5. The number of benzene rings is 4. The first kappa shape index (κ1) is 18.7. The third kappa shape index (κ3) is 3.54. The molecule has 0 saturated carbocycles. The predicted molar refractivity (Wildman–Crippen MR) is 117 cm³/mol. The molecular weight excluding hydrogens is 344 g/mol. The van der Waals surface area contributed by atoms with Crippen LogP contribution in [0.4, 0.5) is 0 Å². The highest BCUT2D eigenvalue weighted by atomic mass is 16.5. The van der Waals surface area contributed by atoms with E-state index in [0.717, 1.165) is 0 Å². The molecule has 0 amide bonds. The van der Waals surface area contributed by atoms with Gasteiger partial charge >= 0.3 is 0 Å². The van der Waals surface area contributed by atoms with Gasteiger partial charge in [0, 0.05) is 13.2 Å². The molecular formula is C26H26O2. The molecule has 2 atom stereocenters. The second-order valence-corrected chi connectivity index (χ2v) is 6.89. The molecule has 0 bridgehead atoms. The van der Waals surface area contributed by atoms with Crippen LogP contribution < -0.4 is 0 Å². The lowest BCUT2D eigenvalue weighted by molar-refractivity contribution is -0.0702. The summed E-state index contributed by atoms with van der Waals surface area (Å²) in [5.41, 5.74) is 2.35. The Morgan fingerprint density at radius 3 is 1.36 bits per heavy atom. The Kier molecular flexibility index (Phi) is 5.70. The summed E-state index contributed by atoms with van der Waals surface area (Å²) in [6, 6.07) is 29.8. The molecule has 0 fully saturated rings. The molecule has 0 aromatic heterocycles. The smallest absolute Gasteiger partial charge is 0.113 e. The maximum Gasteiger partial charge on any atom is 0.113 e. The summed E-state index contributed by atoms with van der Waals surface area (Å²) in [4.78, 5) is 0. The molecule has 0 N–H and O–H groups in total. The normalized spacial score (nSPS) is 13.6. The van der Waals surface area contributed by atoms with E-state index in [-0.39, 0.29) is 12.2 Å². The lowest BCUT2D eigenvalue weighted by Crippen LogP contribution is -2.18. The SMILES string of the molecule is CCOC(c1cccc2ccccc12)C(OCC)c1cccc2ccccc12. The van der Waals surface area contributed by atoms with Crippen molar-refractivity contribution >= 4 is 21.5 Å². The first-order valence-electron chi connectivity index (χ1n) is 10.0. The molecule has 0 saturated heterocycles. The van der Waals surface area contributed by atoms with Crippen LogP contribution in [0.2, 0.25) is 0 Å². The van der Waals surface area contributed by atoms with Gasteiger partial charge in [0.25, 0.3) is 0 Å². The molecule has 142 valence electrons. The standard InChI is InChI=1S/C26H26O2/c1-3-27-25(23-17-9-13-19-11-5-7-15-21(19)23)26(28-4-2)24-18-10-14-20-12-6-8-16-22(20)24/h5-18,25-26H,3-4H2,1-2H3. The van der Waals surface area contributed by atoms with Crippen LogP contribution in [0.25, 0.3) is 21.5 Å². The maximum absolute atomic E-state index is 6.33. The second-order valence-electron chi connectivity index (χ2n) is 6.89. The van der Waals surface area contributed by atoms with E-state index in [4.69, 9.17) is 9.47 Å². The second kappa shape index (κ2) is 8.55. The molecule has 28 heavy (non-hydrogen) atoms. The van der Waals surface area contributed by atoms with Crippen molar-refractivity contribution in [2.75, 3.05) is 13.2 Å². The fourth-order valence-corrected chi connectivity index (χ4v) is 4.04. The third-order valence-corrected chi connectivity index (χ3v) is 5.23. The summed E-state index contributed by atoms with van der Waals surface area (Å²) in [5.74, 6) is 0. The first-order valence-corrected chi connectivity index (χ1v) is 10.0. The van der Waals surface area contributed by atoms with E-state index in [0.29, 0.717) is 13.2 Å². The van der Waals surface area contributed by atoms with Crippen LogP contribution in [-0.4, -0.2) is 13.2 Å². The maximum atomic E-state index is 6.33. The van der Waals surface area contributed by atoms with Crippen LogP contribution >= 0.6 is 0 Å². The van der Waals surface area contributed by atoms with Gasteiger partial charge in [0.1, 0.15) is 12.2 Å². The quantitative estimate of drug-likeness (QED) is 0.354. The van der Waals surface area contributed by atoms with Crippen LogP contribution in [0.5, 0.6) is 0 Å². The summed E-state index contributed by atoms with van der Waals surface area (Å²) in [6.07, 6.45) is -0.358.